The molecule has 1 aromatic rings. The second-order valence-corrected chi connectivity index (χ2v) is 5.18. The largest absolute Gasteiger partial charge is 0.356 e. The van der Waals surface area contributed by atoms with E-state index >= 15 is 0 Å². The highest BCUT2D eigenvalue weighted by Crippen LogP contribution is 2.07. The lowest BCUT2D eigenvalue weighted by atomic mass is 10.1. The molecule has 0 saturated heterocycles. The predicted molar refractivity (Wildman–Crippen MR) is 80.3 cm³/mol. The molecule has 0 aliphatic heterocycles. The van der Waals surface area contributed by atoms with E-state index in [4.69, 9.17) is 0 Å². The number of carbonyl (C=O) groups is 1. The molecule has 0 spiro atoms. The summed E-state index contributed by atoms with van der Waals surface area (Å²) < 4.78 is 0. The van der Waals surface area contributed by atoms with Crippen LogP contribution in [0.4, 0.5) is 0 Å². The molecule has 1 rings (SSSR count). The minimum Gasteiger partial charge on any atom is -0.356 e. The fourth-order valence-electron chi connectivity index (χ4n) is 1.91. The van der Waals surface area contributed by atoms with E-state index in [2.05, 4.69) is 41.4 Å². The van der Waals surface area contributed by atoms with Crippen molar-refractivity contribution in [2.24, 2.45) is 0 Å². The highest BCUT2D eigenvalue weighted by molar-refractivity contribution is 5.76. The molecule has 1 N–H and O–H groups in total. The molecule has 0 aliphatic carbocycles. The van der Waals surface area contributed by atoms with Crippen LogP contribution in [-0.2, 0) is 17.6 Å². The lowest BCUT2D eigenvalue weighted by Gasteiger charge is -2.10. The third-order valence-electron chi connectivity index (χ3n) is 3.18. The average Bonchev–Trinajstić information content (AvgIpc) is 2.41. The fourth-order valence-corrected chi connectivity index (χ4v) is 1.91. The van der Waals surface area contributed by atoms with Crippen molar-refractivity contribution in [3.8, 4) is 0 Å². The van der Waals surface area contributed by atoms with Gasteiger partial charge in [-0.05, 0) is 51.0 Å². The first-order valence-electron chi connectivity index (χ1n) is 7.11. The van der Waals surface area contributed by atoms with Crippen molar-refractivity contribution in [2.45, 2.75) is 32.6 Å². The minimum absolute atomic E-state index is 0.151. The van der Waals surface area contributed by atoms with Gasteiger partial charge < -0.3 is 10.2 Å². The van der Waals surface area contributed by atoms with E-state index < -0.39 is 0 Å². The van der Waals surface area contributed by atoms with Gasteiger partial charge in [0.1, 0.15) is 0 Å². The number of carbonyl (C=O) groups excluding carboxylic acids is 1. The standard InChI is InChI=1S/C16H26N2O/c1-4-14-6-8-15(9-7-14)10-11-16(19)17-12-5-13-18(2)3/h6-9H,4-5,10-13H2,1-3H3,(H,17,19). The number of rotatable bonds is 8. The van der Waals surface area contributed by atoms with Gasteiger partial charge in [0.2, 0.25) is 5.91 Å². The van der Waals surface area contributed by atoms with Crippen LogP contribution in [0, 0.1) is 0 Å². The molecule has 1 aromatic carbocycles. The Morgan fingerprint density at radius 3 is 2.37 bits per heavy atom. The van der Waals surface area contributed by atoms with Crippen molar-refractivity contribution >= 4 is 5.91 Å². The topological polar surface area (TPSA) is 32.3 Å². The van der Waals surface area contributed by atoms with Crippen LogP contribution in [0.5, 0.6) is 0 Å². The second-order valence-electron chi connectivity index (χ2n) is 5.18. The van der Waals surface area contributed by atoms with Gasteiger partial charge in [0.25, 0.3) is 0 Å². The average molecular weight is 262 g/mol. The Morgan fingerprint density at radius 1 is 1.16 bits per heavy atom. The lowest BCUT2D eigenvalue weighted by Crippen LogP contribution is -2.27. The maximum atomic E-state index is 11.7. The van der Waals surface area contributed by atoms with Gasteiger partial charge in [-0.1, -0.05) is 31.2 Å². The number of nitrogens with one attached hydrogen (secondary N) is 1. The van der Waals surface area contributed by atoms with Crippen LogP contribution in [-0.4, -0.2) is 38.0 Å². The molecule has 0 fully saturated rings. The van der Waals surface area contributed by atoms with Gasteiger partial charge in [0.15, 0.2) is 0 Å². The normalized spacial score (nSPS) is 10.7. The van der Waals surface area contributed by atoms with Crippen LogP contribution in [0.1, 0.15) is 30.9 Å². The first kappa shape index (κ1) is 15.7. The monoisotopic (exact) mass is 262 g/mol. The highest BCUT2D eigenvalue weighted by atomic mass is 16.1. The highest BCUT2D eigenvalue weighted by Gasteiger charge is 2.02. The number of hydrogen-bond donors (Lipinski definition) is 1. The van der Waals surface area contributed by atoms with Crippen molar-refractivity contribution < 1.29 is 4.79 Å². The molecule has 0 unspecified atom stereocenters. The van der Waals surface area contributed by atoms with Crippen LogP contribution in [0.3, 0.4) is 0 Å². The Morgan fingerprint density at radius 2 is 1.79 bits per heavy atom. The van der Waals surface area contributed by atoms with E-state index in [1.54, 1.807) is 0 Å². The summed E-state index contributed by atoms with van der Waals surface area (Å²) in [7, 11) is 4.09. The number of benzene rings is 1. The van der Waals surface area contributed by atoms with Crippen molar-refractivity contribution in [1.29, 1.82) is 0 Å². The van der Waals surface area contributed by atoms with Crippen molar-refractivity contribution in [2.75, 3.05) is 27.2 Å². The van der Waals surface area contributed by atoms with Crippen molar-refractivity contribution in [1.82, 2.24) is 10.2 Å². The number of amides is 1. The number of nitrogens with zero attached hydrogens (tertiary/aromatic N) is 1. The zero-order chi connectivity index (χ0) is 14.1. The lowest BCUT2D eigenvalue weighted by molar-refractivity contribution is -0.121. The zero-order valence-corrected chi connectivity index (χ0v) is 12.4. The Hall–Kier alpha value is -1.35. The Bertz CT molecular complexity index is 371. The first-order valence-corrected chi connectivity index (χ1v) is 7.11. The molecule has 0 radical (unpaired) electrons. The SMILES string of the molecule is CCc1ccc(CCC(=O)NCCCN(C)C)cc1. The van der Waals surface area contributed by atoms with Crippen molar-refractivity contribution in [3.05, 3.63) is 35.4 Å². The molecule has 0 aromatic heterocycles. The van der Waals surface area contributed by atoms with Crippen LogP contribution in [0.2, 0.25) is 0 Å². The minimum atomic E-state index is 0.151. The zero-order valence-electron chi connectivity index (χ0n) is 12.4. The van der Waals surface area contributed by atoms with Crippen LogP contribution < -0.4 is 5.32 Å². The molecule has 3 heteroatoms. The molecule has 106 valence electrons. The predicted octanol–water partition coefficient (Wildman–Crippen LogP) is 2.25. The van der Waals surface area contributed by atoms with Gasteiger partial charge in [0, 0.05) is 13.0 Å². The smallest absolute Gasteiger partial charge is 0.220 e. The molecule has 0 saturated carbocycles. The molecule has 0 atom stereocenters. The van der Waals surface area contributed by atoms with E-state index in [1.807, 2.05) is 14.1 Å². The molecule has 0 bridgehead atoms. The summed E-state index contributed by atoms with van der Waals surface area (Å²) >= 11 is 0. The third kappa shape index (κ3) is 6.97. The van der Waals surface area contributed by atoms with E-state index in [1.165, 1.54) is 11.1 Å². The van der Waals surface area contributed by atoms with Crippen LogP contribution >= 0.6 is 0 Å². The van der Waals surface area contributed by atoms with E-state index in [-0.39, 0.29) is 5.91 Å². The maximum Gasteiger partial charge on any atom is 0.220 e. The summed E-state index contributed by atoms with van der Waals surface area (Å²) in [4.78, 5) is 13.8. The molecule has 3 nitrogen and oxygen atoms in total. The second kappa shape index (κ2) is 8.70. The molecular formula is C16H26N2O. The summed E-state index contributed by atoms with van der Waals surface area (Å²) in [5.74, 6) is 0.151. The molecule has 19 heavy (non-hydrogen) atoms. The van der Waals surface area contributed by atoms with Crippen LogP contribution in [0.15, 0.2) is 24.3 Å². The van der Waals surface area contributed by atoms with Crippen molar-refractivity contribution in [3.63, 3.8) is 0 Å². The third-order valence-corrected chi connectivity index (χ3v) is 3.18. The Balaban J connectivity index is 2.18. The Kier molecular flexibility index (Phi) is 7.19. The summed E-state index contributed by atoms with van der Waals surface area (Å²) in [6, 6.07) is 8.53. The number of hydrogen-bond acceptors (Lipinski definition) is 2. The Labute approximate surface area is 117 Å². The van der Waals surface area contributed by atoms with Gasteiger partial charge in [-0.25, -0.2) is 0 Å². The number of aryl methyl sites for hydroxylation is 2. The van der Waals surface area contributed by atoms with Gasteiger partial charge in [0.05, 0.1) is 0 Å². The van der Waals surface area contributed by atoms with Crippen LogP contribution in [0.25, 0.3) is 0 Å². The van der Waals surface area contributed by atoms with E-state index in [9.17, 15) is 4.79 Å². The quantitative estimate of drug-likeness (QED) is 0.729. The van der Waals surface area contributed by atoms with Gasteiger partial charge in [-0.3, -0.25) is 4.79 Å². The van der Waals surface area contributed by atoms with Gasteiger partial charge >= 0.3 is 0 Å². The summed E-state index contributed by atoms with van der Waals surface area (Å²) in [6.45, 7) is 3.93. The maximum absolute atomic E-state index is 11.7. The fraction of sp³-hybridized carbons (Fsp3) is 0.562. The molecule has 0 aliphatic rings. The summed E-state index contributed by atoms with van der Waals surface area (Å²) in [6.07, 6.45) is 3.47. The van der Waals surface area contributed by atoms with Gasteiger partial charge in [-0.2, -0.15) is 0 Å². The summed E-state index contributed by atoms with van der Waals surface area (Å²) in [5.41, 5.74) is 2.58. The molecule has 0 heterocycles. The summed E-state index contributed by atoms with van der Waals surface area (Å²) in [5, 5.41) is 2.97. The molecular weight excluding hydrogens is 236 g/mol. The van der Waals surface area contributed by atoms with Gasteiger partial charge in [-0.15, -0.1) is 0 Å². The molecule has 1 amide bonds. The van der Waals surface area contributed by atoms with E-state index in [0.29, 0.717) is 6.42 Å². The first-order chi connectivity index (χ1) is 9.11. The van der Waals surface area contributed by atoms with E-state index in [0.717, 1.165) is 32.4 Å².